The summed E-state index contributed by atoms with van der Waals surface area (Å²) in [4.78, 5) is 0.373. The van der Waals surface area contributed by atoms with Crippen LogP contribution in [0.3, 0.4) is 0 Å². The fourth-order valence-electron chi connectivity index (χ4n) is 1.07. The molecule has 1 aromatic carbocycles. The summed E-state index contributed by atoms with van der Waals surface area (Å²) >= 11 is 3.21. The van der Waals surface area contributed by atoms with E-state index in [0.717, 1.165) is 10.0 Å². The zero-order chi connectivity index (χ0) is 11.5. The van der Waals surface area contributed by atoms with Crippen molar-refractivity contribution < 1.29 is 8.42 Å². The number of allylic oxidation sites excluding steroid dienone is 1. The topological polar surface area (TPSA) is 34.1 Å². The van der Waals surface area contributed by atoms with Gasteiger partial charge in [0.25, 0.3) is 0 Å². The van der Waals surface area contributed by atoms with E-state index in [2.05, 4.69) is 15.9 Å². The smallest absolute Gasteiger partial charge is 0.181 e. The van der Waals surface area contributed by atoms with Crippen molar-refractivity contribution in [3.05, 3.63) is 40.4 Å². The molecule has 0 aliphatic rings. The summed E-state index contributed by atoms with van der Waals surface area (Å²) in [6, 6.07) is 6.89. The van der Waals surface area contributed by atoms with Crippen molar-refractivity contribution in [1.29, 1.82) is 0 Å². The number of halogens is 1. The molecule has 1 aromatic rings. The van der Waals surface area contributed by atoms with Gasteiger partial charge in [-0.2, -0.15) is 0 Å². The van der Waals surface area contributed by atoms with Crippen LogP contribution in [0.5, 0.6) is 0 Å². The van der Waals surface area contributed by atoms with Crippen molar-refractivity contribution in [3.8, 4) is 0 Å². The molecule has 0 N–H and O–H groups in total. The van der Waals surface area contributed by atoms with E-state index in [9.17, 15) is 8.42 Å². The highest BCUT2D eigenvalue weighted by Crippen LogP contribution is 2.13. The number of rotatable bonds is 3. The molecule has 0 heterocycles. The van der Waals surface area contributed by atoms with Crippen molar-refractivity contribution in [3.63, 3.8) is 0 Å². The van der Waals surface area contributed by atoms with Gasteiger partial charge in [0.05, 0.1) is 10.6 Å². The highest BCUT2D eigenvalue weighted by Gasteiger charge is 2.11. The summed E-state index contributed by atoms with van der Waals surface area (Å²) in [6.45, 7) is 3.74. The Morgan fingerprint density at radius 2 is 1.87 bits per heavy atom. The van der Waals surface area contributed by atoms with E-state index in [1.807, 2.05) is 13.8 Å². The van der Waals surface area contributed by atoms with Gasteiger partial charge in [-0.1, -0.05) is 39.7 Å². The Morgan fingerprint density at radius 1 is 1.33 bits per heavy atom. The van der Waals surface area contributed by atoms with Gasteiger partial charge in [0.1, 0.15) is 0 Å². The van der Waals surface area contributed by atoms with E-state index in [1.54, 1.807) is 30.3 Å². The van der Waals surface area contributed by atoms with Crippen LogP contribution >= 0.6 is 15.9 Å². The van der Waals surface area contributed by atoms with Crippen LogP contribution in [0.15, 0.2) is 39.7 Å². The average molecular weight is 289 g/mol. The second kappa shape index (κ2) is 4.94. The first-order valence-electron chi connectivity index (χ1n) is 4.53. The maximum atomic E-state index is 11.8. The zero-order valence-corrected chi connectivity index (χ0v) is 11.1. The van der Waals surface area contributed by atoms with Gasteiger partial charge in [-0.25, -0.2) is 8.42 Å². The van der Waals surface area contributed by atoms with Gasteiger partial charge < -0.3 is 0 Å². The van der Waals surface area contributed by atoms with E-state index < -0.39 is 9.84 Å². The van der Waals surface area contributed by atoms with Gasteiger partial charge in [0.2, 0.25) is 0 Å². The molecule has 0 aliphatic carbocycles. The van der Waals surface area contributed by atoms with Gasteiger partial charge in [0, 0.05) is 0 Å². The van der Waals surface area contributed by atoms with Gasteiger partial charge in [-0.05, 0) is 30.5 Å². The van der Waals surface area contributed by atoms with Crippen LogP contribution in [0.2, 0.25) is 0 Å². The van der Waals surface area contributed by atoms with Crippen LogP contribution in [0, 0.1) is 6.92 Å². The maximum absolute atomic E-state index is 11.8. The lowest BCUT2D eigenvalue weighted by Crippen LogP contribution is -2.04. The third-order valence-electron chi connectivity index (χ3n) is 1.96. The lowest BCUT2D eigenvalue weighted by Gasteiger charge is -2.01. The first-order valence-corrected chi connectivity index (χ1v) is 6.98. The maximum Gasteiger partial charge on any atom is 0.181 e. The highest BCUT2D eigenvalue weighted by atomic mass is 79.9. The van der Waals surface area contributed by atoms with E-state index in [4.69, 9.17) is 0 Å². The molecule has 0 atom stereocenters. The SMILES string of the molecule is C/C(Br)=C\CS(=O)(=O)c1ccc(C)cc1. The highest BCUT2D eigenvalue weighted by molar-refractivity contribution is 9.11. The summed E-state index contributed by atoms with van der Waals surface area (Å²) in [5.74, 6) is 0.0349. The second-order valence-corrected chi connectivity index (χ2v) is 6.67. The quantitative estimate of drug-likeness (QED) is 0.857. The first-order chi connectivity index (χ1) is 6.92. The van der Waals surface area contributed by atoms with Crippen LogP contribution in [0.1, 0.15) is 12.5 Å². The Kier molecular flexibility index (Phi) is 4.11. The molecule has 82 valence electrons. The monoisotopic (exact) mass is 288 g/mol. The molecule has 0 fully saturated rings. The second-order valence-electron chi connectivity index (χ2n) is 3.39. The molecule has 4 heteroatoms. The fraction of sp³-hybridized carbons (Fsp3) is 0.273. The van der Waals surface area contributed by atoms with E-state index in [0.29, 0.717) is 4.90 Å². The van der Waals surface area contributed by atoms with Crippen molar-refractivity contribution in [1.82, 2.24) is 0 Å². The molecular weight excluding hydrogens is 276 g/mol. The minimum Gasteiger partial charge on any atom is -0.223 e. The summed E-state index contributed by atoms with van der Waals surface area (Å²) in [5.41, 5.74) is 1.06. The van der Waals surface area contributed by atoms with E-state index in [1.165, 1.54) is 0 Å². The normalized spacial score (nSPS) is 12.9. The number of sulfone groups is 1. The molecule has 2 nitrogen and oxygen atoms in total. The molecule has 0 aromatic heterocycles. The minimum atomic E-state index is -3.18. The molecule has 0 aliphatic heterocycles. The minimum absolute atomic E-state index is 0.0349. The van der Waals surface area contributed by atoms with Gasteiger partial charge in [-0.3, -0.25) is 0 Å². The van der Waals surface area contributed by atoms with Crippen molar-refractivity contribution in [2.24, 2.45) is 0 Å². The van der Waals surface area contributed by atoms with E-state index in [-0.39, 0.29) is 5.75 Å². The molecule has 0 amide bonds. The van der Waals surface area contributed by atoms with Crippen LogP contribution in [-0.4, -0.2) is 14.2 Å². The lowest BCUT2D eigenvalue weighted by atomic mass is 10.2. The standard InChI is InChI=1S/C11H13BrO2S/c1-9-3-5-11(6-4-9)15(13,14)8-7-10(2)12/h3-7H,8H2,1-2H3/b10-7+. The Bertz CT molecular complexity index is 454. The van der Waals surface area contributed by atoms with Crippen molar-refractivity contribution in [2.45, 2.75) is 18.7 Å². The average Bonchev–Trinajstić information content (AvgIpc) is 2.16. The van der Waals surface area contributed by atoms with Crippen molar-refractivity contribution in [2.75, 3.05) is 5.75 Å². The Labute approximate surface area is 99.1 Å². The van der Waals surface area contributed by atoms with Gasteiger partial charge >= 0.3 is 0 Å². The molecule has 15 heavy (non-hydrogen) atoms. The van der Waals surface area contributed by atoms with Crippen LogP contribution < -0.4 is 0 Å². The number of aryl methyl sites for hydroxylation is 1. The largest absolute Gasteiger partial charge is 0.223 e. The van der Waals surface area contributed by atoms with E-state index >= 15 is 0 Å². The van der Waals surface area contributed by atoms with Crippen molar-refractivity contribution >= 4 is 25.8 Å². The fourth-order valence-corrected chi connectivity index (χ4v) is 2.66. The third-order valence-corrected chi connectivity index (χ3v) is 3.88. The predicted molar refractivity (Wildman–Crippen MR) is 65.9 cm³/mol. The number of hydrogen-bond donors (Lipinski definition) is 0. The van der Waals surface area contributed by atoms with Gasteiger partial charge in [0.15, 0.2) is 9.84 Å². The molecule has 0 radical (unpaired) electrons. The molecule has 0 saturated heterocycles. The predicted octanol–water partition coefficient (Wildman–Crippen LogP) is 3.07. The number of benzene rings is 1. The van der Waals surface area contributed by atoms with Crippen LogP contribution in [-0.2, 0) is 9.84 Å². The van der Waals surface area contributed by atoms with Crippen LogP contribution in [0.25, 0.3) is 0 Å². The summed E-state index contributed by atoms with van der Waals surface area (Å²) < 4.78 is 24.4. The molecule has 0 saturated carbocycles. The Hall–Kier alpha value is -0.610. The molecule has 1 rings (SSSR count). The summed E-state index contributed by atoms with van der Waals surface area (Å²) in [7, 11) is -3.18. The summed E-state index contributed by atoms with van der Waals surface area (Å²) in [6.07, 6.45) is 1.65. The molecule has 0 bridgehead atoms. The first kappa shape index (κ1) is 12.5. The molecule has 0 unspecified atom stereocenters. The molecular formula is C11H13BrO2S. The third kappa shape index (κ3) is 3.80. The molecule has 0 spiro atoms. The Balaban J connectivity index is 2.97. The zero-order valence-electron chi connectivity index (χ0n) is 8.70. The summed E-state index contributed by atoms with van der Waals surface area (Å²) in [5, 5.41) is 0. The lowest BCUT2D eigenvalue weighted by molar-refractivity contribution is 0.599. The Morgan fingerprint density at radius 3 is 2.33 bits per heavy atom. The number of hydrogen-bond acceptors (Lipinski definition) is 2. The van der Waals surface area contributed by atoms with Gasteiger partial charge in [-0.15, -0.1) is 0 Å². The van der Waals surface area contributed by atoms with Crippen LogP contribution in [0.4, 0.5) is 0 Å².